The van der Waals surface area contributed by atoms with Gasteiger partial charge in [0.1, 0.15) is 17.0 Å². The molecule has 2 aliphatic rings. The molecule has 0 aliphatic carbocycles. The van der Waals surface area contributed by atoms with Gasteiger partial charge in [0.2, 0.25) is 5.91 Å². The molecule has 1 N–H and O–H groups in total. The second-order valence-corrected chi connectivity index (χ2v) is 12.2. The lowest BCUT2D eigenvalue weighted by Gasteiger charge is -2.44. The van der Waals surface area contributed by atoms with Gasteiger partial charge in [-0.1, -0.05) is 44.2 Å². The molecule has 0 saturated carbocycles. The highest BCUT2D eigenvalue weighted by atomic mass is 16.5. The highest BCUT2D eigenvalue weighted by Gasteiger charge is 2.47. The Labute approximate surface area is 238 Å². The minimum absolute atomic E-state index is 0.0867. The zero-order valence-electron chi connectivity index (χ0n) is 24.5. The summed E-state index contributed by atoms with van der Waals surface area (Å²) in [6.07, 6.45) is 3.84. The number of rotatable bonds is 10. The number of carbonyl (C=O) groups excluding carboxylic acids is 2. The molecular weight excluding hydrogens is 500 g/mol. The van der Waals surface area contributed by atoms with E-state index < -0.39 is 5.54 Å². The Kier molecular flexibility index (Phi) is 8.50. The predicted octanol–water partition coefficient (Wildman–Crippen LogP) is 4.98. The summed E-state index contributed by atoms with van der Waals surface area (Å²) in [5, 5.41) is 4.18. The van der Waals surface area contributed by atoms with E-state index >= 15 is 0 Å². The zero-order chi connectivity index (χ0) is 28.3. The fourth-order valence-electron chi connectivity index (χ4n) is 6.76. The number of amides is 2. The Morgan fingerprint density at radius 1 is 1.02 bits per heavy atom. The lowest BCUT2D eigenvalue weighted by molar-refractivity contribution is -0.132. The molecule has 0 bridgehead atoms. The van der Waals surface area contributed by atoms with Gasteiger partial charge < -0.3 is 24.4 Å². The summed E-state index contributed by atoms with van der Waals surface area (Å²) >= 11 is 0. The van der Waals surface area contributed by atoms with Crippen molar-refractivity contribution in [3.05, 3.63) is 65.9 Å². The predicted molar refractivity (Wildman–Crippen MR) is 160 cm³/mol. The standard InChI is InChI=1S/C33H44N4O3/c1-24-18-25(2)22-35(21-24)16-9-15-34-32(39)33(3)23-36-29-20-28(40-4)14-13-27(29)19-30(36)31(38)37(33)17-8-12-26-10-6-5-7-11-26/h5-7,10-11,13-14,19-20,24-25H,8-9,12,15-18,21-23H2,1-4H3,(H,34,39)/t24-,25+,33-/m0/s1. The van der Waals surface area contributed by atoms with E-state index in [0.29, 0.717) is 25.3 Å². The molecule has 2 aromatic carbocycles. The molecule has 5 rings (SSSR count). The smallest absolute Gasteiger partial charge is 0.271 e. The van der Waals surface area contributed by atoms with Gasteiger partial charge in [-0.05, 0) is 74.8 Å². The van der Waals surface area contributed by atoms with Gasteiger partial charge in [-0.2, -0.15) is 0 Å². The molecule has 7 heteroatoms. The second kappa shape index (κ2) is 12.0. The molecule has 0 radical (unpaired) electrons. The van der Waals surface area contributed by atoms with Gasteiger partial charge in [-0.25, -0.2) is 0 Å². The van der Waals surface area contributed by atoms with Crippen LogP contribution >= 0.6 is 0 Å². The van der Waals surface area contributed by atoms with Gasteiger partial charge in [-0.3, -0.25) is 9.59 Å². The van der Waals surface area contributed by atoms with Crippen LogP contribution in [0.25, 0.3) is 10.9 Å². The van der Waals surface area contributed by atoms with Crippen molar-refractivity contribution >= 4 is 22.7 Å². The molecular formula is C33H44N4O3. The number of hydrogen-bond acceptors (Lipinski definition) is 4. The Hall–Kier alpha value is -3.32. The Bertz CT molecular complexity index is 1330. The van der Waals surface area contributed by atoms with Crippen LogP contribution in [-0.4, -0.2) is 71.6 Å². The van der Waals surface area contributed by atoms with Crippen LogP contribution in [0.4, 0.5) is 0 Å². The Morgan fingerprint density at radius 2 is 1.77 bits per heavy atom. The number of nitrogens with one attached hydrogen (secondary N) is 1. The summed E-state index contributed by atoms with van der Waals surface area (Å²) in [6.45, 7) is 11.4. The highest BCUT2D eigenvalue weighted by molar-refractivity contribution is 6.03. The van der Waals surface area contributed by atoms with E-state index in [1.807, 2.05) is 58.9 Å². The Morgan fingerprint density at radius 3 is 2.50 bits per heavy atom. The van der Waals surface area contributed by atoms with Crippen molar-refractivity contribution in [2.45, 2.75) is 58.5 Å². The van der Waals surface area contributed by atoms with Crippen molar-refractivity contribution in [2.75, 3.05) is 39.8 Å². The molecule has 3 atom stereocenters. The van der Waals surface area contributed by atoms with Crippen LogP contribution in [0.5, 0.6) is 5.75 Å². The summed E-state index contributed by atoms with van der Waals surface area (Å²) < 4.78 is 7.47. The number of piperidine rings is 1. The van der Waals surface area contributed by atoms with Crippen LogP contribution < -0.4 is 10.1 Å². The normalized spacial score (nSPS) is 23.3. The molecule has 2 aliphatic heterocycles. The number of carbonyl (C=O) groups is 2. The Balaban J connectivity index is 1.33. The van der Waals surface area contributed by atoms with E-state index in [1.54, 1.807) is 7.11 Å². The van der Waals surface area contributed by atoms with Crippen LogP contribution in [-0.2, 0) is 17.8 Å². The molecule has 40 heavy (non-hydrogen) atoms. The lowest BCUT2D eigenvalue weighted by Crippen LogP contribution is -2.64. The zero-order valence-corrected chi connectivity index (χ0v) is 24.5. The topological polar surface area (TPSA) is 66.8 Å². The molecule has 1 aromatic heterocycles. The van der Waals surface area contributed by atoms with Gasteiger partial charge in [0.05, 0.1) is 19.2 Å². The van der Waals surface area contributed by atoms with E-state index in [9.17, 15) is 9.59 Å². The first kappa shape index (κ1) is 28.2. The molecule has 2 amide bonds. The monoisotopic (exact) mass is 544 g/mol. The van der Waals surface area contributed by atoms with Gasteiger partial charge >= 0.3 is 0 Å². The molecule has 7 nitrogen and oxygen atoms in total. The van der Waals surface area contributed by atoms with Crippen LogP contribution in [0.3, 0.4) is 0 Å². The van der Waals surface area contributed by atoms with Crippen LogP contribution in [0, 0.1) is 11.8 Å². The van der Waals surface area contributed by atoms with Crippen molar-refractivity contribution in [3.8, 4) is 5.75 Å². The third kappa shape index (κ3) is 5.90. The number of aryl methyl sites for hydroxylation is 1. The molecule has 3 heterocycles. The van der Waals surface area contributed by atoms with Crippen molar-refractivity contribution in [2.24, 2.45) is 11.8 Å². The van der Waals surface area contributed by atoms with E-state index in [1.165, 1.54) is 12.0 Å². The molecule has 1 fully saturated rings. The number of hydrogen-bond donors (Lipinski definition) is 1. The number of aromatic nitrogens is 1. The van der Waals surface area contributed by atoms with Gasteiger partial charge in [0.15, 0.2) is 0 Å². The average molecular weight is 545 g/mol. The SMILES string of the molecule is COc1ccc2cc3n(c2c1)C[C@@](C)(C(=O)NCCCN1C[C@H](C)C[C@H](C)C1)N(CCCc1ccccc1)C3=O. The molecule has 0 unspecified atom stereocenters. The summed E-state index contributed by atoms with van der Waals surface area (Å²) in [4.78, 5) is 32.2. The van der Waals surface area contributed by atoms with Crippen molar-refractivity contribution in [3.63, 3.8) is 0 Å². The fourth-order valence-corrected chi connectivity index (χ4v) is 6.76. The summed E-state index contributed by atoms with van der Waals surface area (Å²) in [7, 11) is 1.64. The number of nitrogens with zero attached hydrogens (tertiary/aromatic N) is 3. The van der Waals surface area contributed by atoms with E-state index in [-0.39, 0.29) is 11.8 Å². The van der Waals surface area contributed by atoms with Crippen LogP contribution in [0.15, 0.2) is 54.6 Å². The summed E-state index contributed by atoms with van der Waals surface area (Å²) in [6, 6.07) is 18.1. The third-order valence-electron chi connectivity index (χ3n) is 8.70. The average Bonchev–Trinajstić information content (AvgIpc) is 3.30. The minimum Gasteiger partial charge on any atom is -0.497 e. The van der Waals surface area contributed by atoms with Gasteiger partial charge in [0, 0.05) is 37.6 Å². The first-order valence-corrected chi connectivity index (χ1v) is 14.8. The number of likely N-dealkylation sites (tertiary alicyclic amines) is 1. The fraction of sp³-hybridized carbons (Fsp3) is 0.515. The van der Waals surface area contributed by atoms with E-state index in [0.717, 1.165) is 67.4 Å². The lowest BCUT2D eigenvalue weighted by atomic mass is 9.92. The number of benzene rings is 2. The van der Waals surface area contributed by atoms with Crippen LogP contribution in [0.2, 0.25) is 0 Å². The second-order valence-electron chi connectivity index (χ2n) is 12.2. The minimum atomic E-state index is -0.996. The quantitative estimate of drug-likeness (QED) is 0.366. The maximum Gasteiger partial charge on any atom is 0.271 e. The molecule has 0 spiro atoms. The number of methoxy groups -OCH3 is 1. The molecule has 214 valence electrons. The van der Waals surface area contributed by atoms with Crippen LogP contribution in [0.1, 0.15) is 56.1 Å². The summed E-state index contributed by atoms with van der Waals surface area (Å²) in [5.41, 5.74) is 1.78. The van der Waals surface area contributed by atoms with E-state index in [2.05, 4.69) is 36.2 Å². The number of fused-ring (bicyclic) bond motifs is 3. The van der Waals surface area contributed by atoms with E-state index in [4.69, 9.17) is 4.74 Å². The van der Waals surface area contributed by atoms with Gasteiger partial charge in [-0.15, -0.1) is 0 Å². The largest absolute Gasteiger partial charge is 0.497 e. The third-order valence-corrected chi connectivity index (χ3v) is 8.70. The molecule has 1 saturated heterocycles. The first-order valence-electron chi connectivity index (χ1n) is 14.8. The van der Waals surface area contributed by atoms with Crippen molar-refractivity contribution in [1.29, 1.82) is 0 Å². The number of ether oxygens (including phenoxy) is 1. The maximum atomic E-state index is 14.0. The maximum absolute atomic E-state index is 14.0. The highest BCUT2D eigenvalue weighted by Crippen LogP contribution is 2.34. The molecule has 3 aromatic rings. The first-order chi connectivity index (χ1) is 19.3. The summed E-state index contributed by atoms with van der Waals surface area (Å²) in [5.74, 6) is 2.00. The van der Waals surface area contributed by atoms with Gasteiger partial charge in [0.25, 0.3) is 5.91 Å². The van der Waals surface area contributed by atoms with Crippen molar-refractivity contribution in [1.82, 2.24) is 19.7 Å². The van der Waals surface area contributed by atoms with Crippen molar-refractivity contribution < 1.29 is 14.3 Å².